The Kier molecular flexibility index (Phi) is 3.04. The van der Waals surface area contributed by atoms with Crippen LogP contribution in [0.3, 0.4) is 0 Å². The fourth-order valence-corrected chi connectivity index (χ4v) is 2.62. The first-order chi connectivity index (χ1) is 11.9. The summed E-state index contributed by atoms with van der Waals surface area (Å²) in [4.78, 5) is 12.4. The largest absolute Gasteiger partial charge is 0.483 e. The van der Waals surface area contributed by atoms with Gasteiger partial charge < -0.3 is 4.74 Å². The number of alkyl halides is 3. The fraction of sp³-hybridized carbons (Fsp3) is 0.278. The van der Waals surface area contributed by atoms with Crippen molar-refractivity contribution >= 4 is 5.70 Å². The molecule has 0 aliphatic carbocycles. The number of rotatable bonds is 1. The third kappa shape index (κ3) is 2.62. The Morgan fingerprint density at radius 1 is 1.25 bits per heavy atom. The van der Waals surface area contributed by atoms with Gasteiger partial charge in [-0.05, 0) is 50.6 Å². The second kappa shape index (κ2) is 5.26. The first kappa shape index (κ1) is 13.9. The number of nitrogens with zero attached hydrogens (tertiary/aromatic N) is 1. The summed E-state index contributed by atoms with van der Waals surface area (Å²) in [5.41, 5.74) is -1.63. The lowest BCUT2D eigenvalue weighted by atomic mass is 9.90. The Morgan fingerprint density at radius 3 is 2.58 bits per heavy atom. The summed E-state index contributed by atoms with van der Waals surface area (Å²) in [5.74, 6) is 0.199. The van der Waals surface area contributed by atoms with Crippen molar-refractivity contribution in [2.75, 3.05) is 0 Å². The van der Waals surface area contributed by atoms with Crippen molar-refractivity contribution in [1.29, 1.82) is 0 Å². The Labute approximate surface area is 139 Å². The summed E-state index contributed by atoms with van der Waals surface area (Å²) >= 11 is 0. The van der Waals surface area contributed by atoms with Crippen molar-refractivity contribution < 1.29 is 20.6 Å². The van der Waals surface area contributed by atoms with Crippen LogP contribution in [0.1, 0.15) is 34.6 Å². The lowest BCUT2D eigenvalue weighted by Gasteiger charge is -2.36. The maximum absolute atomic E-state index is 13.2. The van der Waals surface area contributed by atoms with Crippen molar-refractivity contribution in [3.05, 3.63) is 69.6 Å². The number of benzene rings is 1. The van der Waals surface area contributed by atoms with E-state index in [-0.39, 0.29) is 29.2 Å². The minimum Gasteiger partial charge on any atom is -0.483 e. The highest BCUT2D eigenvalue weighted by atomic mass is 19.4. The van der Waals surface area contributed by atoms with E-state index < -0.39 is 22.9 Å². The van der Waals surface area contributed by atoms with E-state index in [4.69, 9.17) is 7.48 Å². The van der Waals surface area contributed by atoms with Crippen LogP contribution in [0, 0.1) is 0 Å². The summed E-state index contributed by atoms with van der Waals surface area (Å²) in [6.45, 7) is 5.12. The van der Waals surface area contributed by atoms with Crippen LogP contribution in [-0.2, 0) is 6.18 Å². The van der Waals surface area contributed by atoms with Crippen molar-refractivity contribution in [3.8, 4) is 5.75 Å². The molecule has 2 heterocycles. The Bertz CT molecular complexity index is 991. The second-order valence-corrected chi connectivity index (χ2v) is 6.05. The van der Waals surface area contributed by atoms with Crippen molar-refractivity contribution in [3.63, 3.8) is 0 Å². The molecule has 3 rings (SSSR count). The monoisotopic (exact) mass is 339 g/mol. The molecule has 0 amide bonds. The lowest BCUT2D eigenvalue weighted by Crippen LogP contribution is -2.36. The number of hydrogen-bond donors (Lipinski definition) is 0. The van der Waals surface area contributed by atoms with Crippen molar-refractivity contribution in [2.24, 2.45) is 0 Å². The fourth-order valence-electron chi connectivity index (χ4n) is 2.62. The van der Waals surface area contributed by atoms with Crippen LogP contribution in [0.4, 0.5) is 13.2 Å². The van der Waals surface area contributed by atoms with Crippen LogP contribution in [0.25, 0.3) is 5.70 Å². The minimum atomic E-state index is -4.55. The van der Waals surface area contributed by atoms with Gasteiger partial charge in [-0.15, -0.1) is 0 Å². The molecule has 6 heteroatoms. The van der Waals surface area contributed by atoms with Crippen molar-refractivity contribution in [1.82, 2.24) is 4.57 Å². The molecular formula is C18H16F3NO2. The SMILES string of the molecule is [3H]c1cc([3H])n(C2=C(C)C(C)(C)Oc3ccc(C(F)(F)F)cc32)c(=O)c1. The minimum absolute atomic E-state index is 0.0879. The molecule has 2 aromatic rings. The smallest absolute Gasteiger partial charge is 0.416 e. The Balaban J connectivity index is 2.39. The first-order valence-corrected chi connectivity index (χ1v) is 7.24. The van der Waals surface area contributed by atoms with Gasteiger partial charge in [-0.3, -0.25) is 9.36 Å². The van der Waals surface area contributed by atoms with Gasteiger partial charge in [0, 0.05) is 17.8 Å². The lowest BCUT2D eigenvalue weighted by molar-refractivity contribution is -0.137. The predicted molar refractivity (Wildman–Crippen MR) is 84.8 cm³/mol. The summed E-state index contributed by atoms with van der Waals surface area (Å²) in [6.07, 6.45) is -4.83. The molecular weight excluding hydrogens is 319 g/mol. The molecule has 0 saturated carbocycles. The van der Waals surface area contributed by atoms with E-state index in [1.54, 1.807) is 20.8 Å². The molecule has 0 radical (unpaired) electrons. The average Bonchev–Trinajstić information content (AvgIpc) is 2.48. The summed E-state index contributed by atoms with van der Waals surface area (Å²) < 4.78 is 61.9. The predicted octanol–water partition coefficient (Wildman–Crippen LogP) is 4.32. The van der Waals surface area contributed by atoms with Crippen LogP contribution in [0.2, 0.25) is 0 Å². The van der Waals surface area contributed by atoms with Crippen molar-refractivity contribution in [2.45, 2.75) is 32.5 Å². The molecule has 0 N–H and O–H groups in total. The Morgan fingerprint density at radius 2 is 1.96 bits per heavy atom. The zero-order chi connectivity index (χ0) is 19.4. The molecule has 1 aliphatic rings. The molecule has 126 valence electrons. The highest BCUT2D eigenvalue weighted by Crippen LogP contribution is 2.43. The van der Waals surface area contributed by atoms with Gasteiger partial charge in [0.2, 0.25) is 0 Å². The van der Waals surface area contributed by atoms with Gasteiger partial charge in [0.15, 0.2) is 0 Å². The van der Waals surface area contributed by atoms with E-state index in [0.717, 1.165) is 28.8 Å². The van der Waals surface area contributed by atoms with Crippen LogP contribution >= 0.6 is 0 Å². The molecule has 1 aromatic heterocycles. The molecule has 0 fully saturated rings. The zero-order valence-corrected chi connectivity index (χ0v) is 13.3. The standard InChI is InChI=1S/C18H16F3NO2/c1-11-16(22-9-5-4-6-15(22)23)13-10-12(18(19,20)21)7-8-14(13)24-17(11,2)3/h4-10H,1-3H3/i4T,9T. The van der Waals surface area contributed by atoms with Crippen LogP contribution in [0.5, 0.6) is 5.75 Å². The highest BCUT2D eigenvalue weighted by Gasteiger charge is 2.37. The third-order valence-corrected chi connectivity index (χ3v) is 4.11. The van der Waals surface area contributed by atoms with Crippen LogP contribution in [-0.4, -0.2) is 10.2 Å². The van der Waals surface area contributed by atoms with Crippen LogP contribution in [0.15, 0.2) is 52.9 Å². The zero-order valence-electron chi connectivity index (χ0n) is 15.3. The average molecular weight is 339 g/mol. The van der Waals surface area contributed by atoms with E-state index in [1.807, 2.05) is 0 Å². The maximum Gasteiger partial charge on any atom is 0.416 e. The topological polar surface area (TPSA) is 31.2 Å². The van der Waals surface area contributed by atoms with Gasteiger partial charge in [0.1, 0.15) is 11.4 Å². The van der Waals surface area contributed by atoms with Gasteiger partial charge in [-0.2, -0.15) is 13.2 Å². The van der Waals surface area contributed by atoms with Gasteiger partial charge >= 0.3 is 6.18 Å². The maximum atomic E-state index is 13.2. The summed E-state index contributed by atoms with van der Waals surface area (Å²) in [7, 11) is 0. The molecule has 3 nitrogen and oxygen atoms in total. The first-order valence-electron chi connectivity index (χ1n) is 8.24. The molecule has 0 atom stereocenters. The van der Waals surface area contributed by atoms with E-state index in [9.17, 15) is 18.0 Å². The third-order valence-electron chi connectivity index (χ3n) is 4.11. The number of fused-ring (bicyclic) bond motifs is 1. The molecule has 1 aromatic carbocycles. The van der Waals surface area contributed by atoms with E-state index in [1.165, 1.54) is 6.07 Å². The molecule has 0 saturated heterocycles. The number of pyridine rings is 1. The van der Waals surface area contributed by atoms with Gasteiger partial charge in [-0.1, -0.05) is 6.04 Å². The molecule has 0 bridgehead atoms. The van der Waals surface area contributed by atoms with E-state index >= 15 is 0 Å². The molecule has 0 unspecified atom stereocenters. The number of ether oxygens (including phenoxy) is 1. The van der Waals surface area contributed by atoms with E-state index in [2.05, 4.69) is 0 Å². The van der Waals surface area contributed by atoms with E-state index in [0.29, 0.717) is 5.57 Å². The molecule has 24 heavy (non-hydrogen) atoms. The molecule has 0 spiro atoms. The number of hydrogen-bond acceptors (Lipinski definition) is 2. The number of aromatic nitrogens is 1. The second-order valence-electron chi connectivity index (χ2n) is 6.05. The summed E-state index contributed by atoms with van der Waals surface area (Å²) in [6, 6.07) is 5.12. The van der Waals surface area contributed by atoms with Gasteiger partial charge in [-0.25, -0.2) is 0 Å². The highest BCUT2D eigenvalue weighted by molar-refractivity contribution is 5.76. The van der Waals surface area contributed by atoms with Gasteiger partial charge in [0.25, 0.3) is 5.56 Å². The number of halogens is 3. The van der Waals surface area contributed by atoms with Gasteiger partial charge in [0.05, 0.1) is 14.0 Å². The van der Waals surface area contributed by atoms with Crippen LogP contribution < -0.4 is 10.3 Å². The summed E-state index contributed by atoms with van der Waals surface area (Å²) in [5, 5.41) is 0. The molecule has 1 aliphatic heterocycles. The Hall–Kier alpha value is -2.50. The quantitative estimate of drug-likeness (QED) is 0.775. The normalized spacial score (nSPS) is 17.8.